The average Bonchev–Trinajstić information content (AvgIpc) is 3.40. The van der Waals surface area contributed by atoms with E-state index in [9.17, 15) is 22.8 Å². The van der Waals surface area contributed by atoms with E-state index >= 15 is 0 Å². The standard InChI is InChI=1S/C17H13F3N4O3/c18-17(19,20)27-11-5-3-10(4-6-11)24-13-7-14(22-15(25)9-1-2-9)21-8-12(13)16(26)23-24/h3-9H,1-2H2,(H,23,26)(H,21,22,25). The summed E-state index contributed by atoms with van der Waals surface area (Å²) < 4.78 is 42.1. The molecule has 10 heteroatoms. The van der Waals surface area contributed by atoms with Crippen molar-refractivity contribution in [3.05, 3.63) is 46.9 Å². The Hall–Kier alpha value is -3.30. The zero-order valence-electron chi connectivity index (χ0n) is 13.7. The van der Waals surface area contributed by atoms with Crippen LogP contribution < -0.4 is 15.6 Å². The van der Waals surface area contributed by atoms with Crippen molar-refractivity contribution >= 4 is 22.6 Å². The molecule has 0 atom stereocenters. The Bertz CT molecular complexity index is 1070. The van der Waals surface area contributed by atoms with Crippen molar-refractivity contribution in [3.8, 4) is 11.4 Å². The van der Waals surface area contributed by atoms with E-state index in [1.165, 1.54) is 29.1 Å². The van der Waals surface area contributed by atoms with Gasteiger partial charge in [0, 0.05) is 18.2 Å². The second-order valence-electron chi connectivity index (χ2n) is 6.17. The van der Waals surface area contributed by atoms with Crippen LogP contribution in [0.5, 0.6) is 5.75 Å². The molecule has 0 saturated heterocycles. The maximum Gasteiger partial charge on any atom is 0.573 e. The van der Waals surface area contributed by atoms with Crippen molar-refractivity contribution in [2.24, 2.45) is 5.92 Å². The number of benzene rings is 1. The number of hydrogen-bond donors (Lipinski definition) is 2. The van der Waals surface area contributed by atoms with E-state index in [1.54, 1.807) is 0 Å². The number of rotatable bonds is 4. The molecule has 2 N–H and O–H groups in total. The van der Waals surface area contributed by atoms with Crippen molar-refractivity contribution in [1.29, 1.82) is 0 Å². The summed E-state index contributed by atoms with van der Waals surface area (Å²) in [4.78, 5) is 28.1. The third-order valence-corrected chi connectivity index (χ3v) is 4.11. The van der Waals surface area contributed by atoms with Gasteiger partial charge in [0.25, 0.3) is 5.56 Å². The SMILES string of the molecule is O=C(Nc1cc2c(cn1)c(=O)[nH]n2-c1ccc(OC(F)(F)F)cc1)C1CC1. The molecule has 0 aliphatic heterocycles. The minimum atomic E-state index is -4.78. The number of hydrogen-bond acceptors (Lipinski definition) is 4. The number of alkyl halides is 3. The molecule has 3 aromatic rings. The zero-order chi connectivity index (χ0) is 19.2. The lowest BCUT2D eigenvalue weighted by Crippen LogP contribution is -2.17. The summed E-state index contributed by atoms with van der Waals surface area (Å²) >= 11 is 0. The minimum absolute atomic E-state index is 0.00269. The van der Waals surface area contributed by atoms with Crippen molar-refractivity contribution in [1.82, 2.24) is 14.8 Å². The topological polar surface area (TPSA) is 89.0 Å². The van der Waals surface area contributed by atoms with E-state index < -0.39 is 11.9 Å². The number of nitrogens with one attached hydrogen (secondary N) is 2. The van der Waals surface area contributed by atoms with Gasteiger partial charge < -0.3 is 10.1 Å². The Morgan fingerprint density at radius 1 is 1.26 bits per heavy atom. The first-order chi connectivity index (χ1) is 12.8. The molecule has 0 bridgehead atoms. The summed E-state index contributed by atoms with van der Waals surface area (Å²) in [6.45, 7) is 0. The summed E-state index contributed by atoms with van der Waals surface area (Å²) in [6, 6.07) is 6.57. The second kappa shape index (κ2) is 6.15. The maximum atomic E-state index is 12.3. The molecule has 2 heterocycles. The molecule has 27 heavy (non-hydrogen) atoms. The van der Waals surface area contributed by atoms with Crippen LogP contribution in [0.2, 0.25) is 0 Å². The highest BCUT2D eigenvalue weighted by Crippen LogP contribution is 2.30. The first kappa shape index (κ1) is 17.1. The van der Waals surface area contributed by atoms with Gasteiger partial charge in [-0.1, -0.05) is 0 Å². The van der Waals surface area contributed by atoms with E-state index in [4.69, 9.17) is 0 Å². The maximum absolute atomic E-state index is 12.3. The molecule has 1 aromatic carbocycles. The molecular formula is C17H13F3N4O3. The van der Waals surface area contributed by atoms with Gasteiger partial charge in [-0.05, 0) is 37.1 Å². The number of H-pyrrole nitrogens is 1. The van der Waals surface area contributed by atoms with E-state index in [0.717, 1.165) is 25.0 Å². The van der Waals surface area contributed by atoms with Gasteiger partial charge in [-0.2, -0.15) is 0 Å². The van der Waals surface area contributed by atoms with Gasteiger partial charge in [-0.25, -0.2) is 4.98 Å². The normalized spacial score (nSPS) is 14.3. The quantitative estimate of drug-likeness (QED) is 0.731. The van der Waals surface area contributed by atoms with E-state index in [1.807, 2.05) is 0 Å². The summed E-state index contributed by atoms with van der Waals surface area (Å²) in [6.07, 6.45) is -1.75. The Kier molecular flexibility index (Phi) is 3.90. The molecule has 0 unspecified atom stereocenters. The second-order valence-corrected chi connectivity index (χ2v) is 6.17. The van der Waals surface area contributed by atoms with E-state index in [2.05, 4.69) is 20.1 Å². The highest BCUT2D eigenvalue weighted by Gasteiger charge is 2.31. The van der Waals surface area contributed by atoms with Gasteiger partial charge in [0.1, 0.15) is 11.6 Å². The number of anilines is 1. The number of carbonyl (C=O) groups is 1. The predicted octanol–water partition coefficient (Wildman–Crippen LogP) is 2.96. The van der Waals surface area contributed by atoms with Crippen LogP contribution in [-0.2, 0) is 4.79 Å². The molecule has 1 fully saturated rings. The minimum Gasteiger partial charge on any atom is -0.406 e. The summed E-state index contributed by atoms with van der Waals surface area (Å²) in [7, 11) is 0. The molecule has 0 radical (unpaired) electrons. The lowest BCUT2D eigenvalue weighted by Gasteiger charge is -2.10. The first-order valence-electron chi connectivity index (χ1n) is 8.08. The van der Waals surface area contributed by atoms with Gasteiger partial charge in [-0.15, -0.1) is 13.2 Å². The highest BCUT2D eigenvalue weighted by molar-refractivity contribution is 5.94. The molecule has 1 amide bonds. The van der Waals surface area contributed by atoms with Crippen LogP contribution in [0.1, 0.15) is 12.8 Å². The van der Waals surface area contributed by atoms with Crippen molar-refractivity contribution < 1.29 is 22.7 Å². The van der Waals surface area contributed by atoms with Gasteiger partial charge >= 0.3 is 6.36 Å². The van der Waals surface area contributed by atoms with Gasteiger partial charge in [-0.3, -0.25) is 19.4 Å². The number of amides is 1. The number of aromatic nitrogens is 3. The van der Waals surface area contributed by atoms with E-state index in [-0.39, 0.29) is 23.0 Å². The van der Waals surface area contributed by atoms with E-state index in [0.29, 0.717) is 17.0 Å². The monoisotopic (exact) mass is 378 g/mol. The lowest BCUT2D eigenvalue weighted by atomic mass is 10.2. The Balaban J connectivity index is 1.68. The summed E-state index contributed by atoms with van der Waals surface area (Å²) in [5.41, 5.74) is 0.445. The molecule has 1 aliphatic rings. The van der Waals surface area contributed by atoms with Crippen LogP contribution in [0.25, 0.3) is 16.6 Å². The fourth-order valence-corrected chi connectivity index (χ4v) is 2.67. The molecule has 2 aromatic heterocycles. The highest BCUT2D eigenvalue weighted by atomic mass is 19.4. The van der Waals surface area contributed by atoms with Crippen LogP contribution in [-0.4, -0.2) is 27.0 Å². The van der Waals surface area contributed by atoms with Gasteiger partial charge in [0.2, 0.25) is 5.91 Å². The van der Waals surface area contributed by atoms with Crippen LogP contribution in [0.4, 0.5) is 19.0 Å². The van der Waals surface area contributed by atoms with Crippen LogP contribution in [0.3, 0.4) is 0 Å². The smallest absolute Gasteiger partial charge is 0.406 e. The summed E-state index contributed by atoms with van der Waals surface area (Å²) in [5.74, 6) is -0.203. The Morgan fingerprint density at radius 3 is 2.59 bits per heavy atom. The van der Waals surface area contributed by atoms with Crippen molar-refractivity contribution in [3.63, 3.8) is 0 Å². The largest absolute Gasteiger partial charge is 0.573 e. The number of nitrogens with zero attached hydrogens (tertiary/aromatic N) is 2. The number of halogens is 3. The molecule has 1 aliphatic carbocycles. The molecule has 4 rings (SSSR count). The molecule has 1 saturated carbocycles. The van der Waals surface area contributed by atoms with Crippen LogP contribution in [0, 0.1) is 5.92 Å². The summed E-state index contributed by atoms with van der Waals surface area (Å²) in [5, 5.41) is 5.58. The average molecular weight is 378 g/mol. The number of aromatic amines is 1. The van der Waals surface area contributed by atoms with Crippen LogP contribution >= 0.6 is 0 Å². The molecule has 0 spiro atoms. The number of carbonyl (C=O) groups excluding carboxylic acids is 1. The van der Waals surface area contributed by atoms with Crippen molar-refractivity contribution in [2.75, 3.05) is 5.32 Å². The van der Waals surface area contributed by atoms with Gasteiger partial charge in [0.05, 0.1) is 16.6 Å². The van der Waals surface area contributed by atoms with Crippen molar-refractivity contribution in [2.45, 2.75) is 19.2 Å². The predicted molar refractivity (Wildman–Crippen MR) is 89.7 cm³/mol. The fraction of sp³-hybridized carbons (Fsp3) is 0.235. The number of pyridine rings is 1. The van der Waals surface area contributed by atoms with Crippen LogP contribution in [0.15, 0.2) is 41.3 Å². The zero-order valence-corrected chi connectivity index (χ0v) is 13.7. The van der Waals surface area contributed by atoms with Gasteiger partial charge in [0.15, 0.2) is 0 Å². The number of fused-ring (bicyclic) bond motifs is 1. The molecule has 140 valence electrons. The third-order valence-electron chi connectivity index (χ3n) is 4.11. The molecule has 7 nitrogen and oxygen atoms in total. The third kappa shape index (κ3) is 3.64. The first-order valence-corrected chi connectivity index (χ1v) is 8.08. The Morgan fingerprint density at radius 2 is 1.96 bits per heavy atom. The molecular weight excluding hydrogens is 365 g/mol. The fourth-order valence-electron chi connectivity index (χ4n) is 2.67. The lowest BCUT2D eigenvalue weighted by molar-refractivity contribution is -0.274. The Labute approximate surface area is 149 Å². The number of ether oxygens (including phenoxy) is 1.